The van der Waals surface area contributed by atoms with Crippen LogP contribution < -0.4 is 15.4 Å². The predicted molar refractivity (Wildman–Crippen MR) is 96.0 cm³/mol. The van der Waals surface area contributed by atoms with Crippen LogP contribution >= 0.6 is 0 Å². The van der Waals surface area contributed by atoms with Crippen molar-refractivity contribution in [2.75, 3.05) is 19.0 Å². The highest BCUT2D eigenvalue weighted by molar-refractivity contribution is 5.90. The number of methoxy groups -OCH3 is 1. The van der Waals surface area contributed by atoms with E-state index in [9.17, 15) is 4.79 Å². The largest absolute Gasteiger partial charge is 0.495 e. The number of fused-ring (bicyclic) bond motifs is 1. The van der Waals surface area contributed by atoms with E-state index in [0.717, 1.165) is 30.2 Å². The van der Waals surface area contributed by atoms with Gasteiger partial charge in [-0.2, -0.15) is 0 Å². The van der Waals surface area contributed by atoms with E-state index in [1.54, 1.807) is 7.11 Å². The number of rotatable bonds is 5. The maximum Gasteiger partial charge on any atom is 0.319 e. The zero-order valence-corrected chi connectivity index (χ0v) is 14.8. The average molecular weight is 343 g/mol. The number of aromatic nitrogens is 3. The lowest BCUT2D eigenvalue weighted by atomic mass is 10.2. The van der Waals surface area contributed by atoms with Crippen LogP contribution in [-0.4, -0.2) is 34.5 Å². The molecule has 1 aromatic carbocycles. The van der Waals surface area contributed by atoms with Crippen LogP contribution in [0.25, 0.3) is 0 Å². The summed E-state index contributed by atoms with van der Waals surface area (Å²) < 4.78 is 7.50. The highest BCUT2D eigenvalue weighted by Crippen LogP contribution is 2.25. The van der Waals surface area contributed by atoms with Gasteiger partial charge in [0.25, 0.3) is 0 Å². The first-order chi connectivity index (χ1) is 12.2. The predicted octanol–water partition coefficient (Wildman–Crippen LogP) is 2.69. The zero-order chi connectivity index (χ0) is 17.6. The van der Waals surface area contributed by atoms with Gasteiger partial charge in [-0.3, -0.25) is 0 Å². The normalized spacial score (nSPS) is 13.7. The van der Waals surface area contributed by atoms with Gasteiger partial charge in [-0.1, -0.05) is 12.5 Å². The van der Waals surface area contributed by atoms with Crippen LogP contribution in [0, 0.1) is 6.92 Å². The molecule has 2 N–H and O–H groups in total. The van der Waals surface area contributed by atoms with Crippen LogP contribution in [-0.2, 0) is 19.4 Å². The lowest BCUT2D eigenvalue weighted by molar-refractivity contribution is 0.252. The van der Waals surface area contributed by atoms with Gasteiger partial charge in [0.15, 0.2) is 0 Å². The molecule has 7 heteroatoms. The van der Waals surface area contributed by atoms with Crippen molar-refractivity contribution in [3.05, 3.63) is 35.4 Å². The molecule has 2 heterocycles. The maximum absolute atomic E-state index is 12.1. The van der Waals surface area contributed by atoms with E-state index >= 15 is 0 Å². The molecule has 0 fully saturated rings. The van der Waals surface area contributed by atoms with E-state index in [1.165, 1.54) is 19.3 Å². The Morgan fingerprint density at radius 2 is 2.16 bits per heavy atom. The summed E-state index contributed by atoms with van der Waals surface area (Å²) in [5.74, 6) is 2.67. The van der Waals surface area contributed by atoms with Gasteiger partial charge in [-0.05, 0) is 37.5 Å². The number of ether oxygens (including phenoxy) is 1. The molecule has 0 radical (unpaired) electrons. The first kappa shape index (κ1) is 17.3. The Labute approximate surface area is 147 Å². The second kappa shape index (κ2) is 8.00. The molecular weight excluding hydrogens is 318 g/mol. The molecule has 3 rings (SSSR count). The van der Waals surface area contributed by atoms with Gasteiger partial charge >= 0.3 is 6.03 Å². The molecule has 1 aliphatic heterocycles. The van der Waals surface area contributed by atoms with Gasteiger partial charge in [0, 0.05) is 25.9 Å². The Bertz CT molecular complexity index is 741. The monoisotopic (exact) mass is 343 g/mol. The lowest BCUT2D eigenvalue weighted by Crippen LogP contribution is -2.31. The molecule has 2 aromatic rings. The molecule has 0 bridgehead atoms. The average Bonchev–Trinajstić information content (AvgIpc) is 2.83. The van der Waals surface area contributed by atoms with Gasteiger partial charge in [0.2, 0.25) is 0 Å². The van der Waals surface area contributed by atoms with Crippen LogP contribution in [0.2, 0.25) is 0 Å². The van der Waals surface area contributed by atoms with Crippen LogP contribution in [0.3, 0.4) is 0 Å². The topological polar surface area (TPSA) is 81.1 Å². The van der Waals surface area contributed by atoms with E-state index in [4.69, 9.17) is 4.74 Å². The molecule has 0 saturated heterocycles. The van der Waals surface area contributed by atoms with Crippen LogP contribution in [0.4, 0.5) is 10.5 Å². The molecule has 0 spiro atoms. The van der Waals surface area contributed by atoms with Crippen LogP contribution in [0.15, 0.2) is 18.2 Å². The van der Waals surface area contributed by atoms with Crippen molar-refractivity contribution >= 4 is 11.7 Å². The van der Waals surface area contributed by atoms with E-state index in [-0.39, 0.29) is 6.03 Å². The Balaban J connectivity index is 1.53. The summed E-state index contributed by atoms with van der Waals surface area (Å²) >= 11 is 0. The number of amides is 2. The maximum atomic E-state index is 12.1. The molecule has 0 aliphatic carbocycles. The molecule has 7 nitrogen and oxygen atoms in total. The standard InChI is InChI=1S/C18H25N5O2/c1-13-7-8-14(15(12-13)25-2)20-18(24)19-10-9-17-22-21-16-6-4-3-5-11-23(16)17/h7-8,12H,3-6,9-11H2,1-2H3,(H2,19,20,24). The summed E-state index contributed by atoms with van der Waals surface area (Å²) in [6, 6.07) is 5.41. The van der Waals surface area contributed by atoms with Gasteiger partial charge in [-0.15, -0.1) is 10.2 Å². The number of aryl methyl sites for hydroxylation is 2. The lowest BCUT2D eigenvalue weighted by Gasteiger charge is -2.12. The minimum absolute atomic E-state index is 0.252. The van der Waals surface area contributed by atoms with Crippen molar-refractivity contribution in [1.82, 2.24) is 20.1 Å². The molecule has 1 aliphatic rings. The molecule has 134 valence electrons. The molecule has 25 heavy (non-hydrogen) atoms. The first-order valence-electron chi connectivity index (χ1n) is 8.78. The minimum Gasteiger partial charge on any atom is -0.495 e. The summed E-state index contributed by atoms with van der Waals surface area (Å²) in [6.07, 6.45) is 5.25. The van der Waals surface area contributed by atoms with E-state index < -0.39 is 0 Å². The van der Waals surface area contributed by atoms with Gasteiger partial charge in [0.1, 0.15) is 17.4 Å². The van der Waals surface area contributed by atoms with E-state index in [0.29, 0.717) is 24.4 Å². The fourth-order valence-electron chi connectivity index (χ4n) is 3.09. The van der Waals surface area contributed by atoms with Crippen molar-refractivity contribution in [2.24, 2.45) is 0 Å². The number of nitrogens with zero attached hydrogens (tertiary/aromatic N) is 3. The zero-order valence-electron chi connectivity index (χ0n) is 14.8. The summed E-state index contributed by atoms with van der Waals surface area (Å²) in [5.41, 5.74) is 1.73. The van der Waals surface area contributed by atoms with Gasteiger partial charge in [-0.25, -0.2) is 4.79 Å². The van der Waals surface area contributed by atoms with Crippen molar-refractivity contribution in [3.63, 3.8) is 0 Å². The van der Waals surface area contributed by atoms with Crippen LogP contribution in [0.5, 0.6) is 5.75 Å². The first-order valence-corrected chi connectivity index (χ1v) is 8.78. The molecule has 0 unspecified atom stereocenters. The smallest absolute Gasteiger partial charge is 0.319 e. The SMILES string of the molecule is COc1cc(C)ccc1NC(=O)NCCc1nnc2n1CCCCC2. The minimum atomic E-state index is -0.252. The van der Waals surface area contributed by atoms with Crippen molar-refractivity contribution in [2.45, 2.75) is 45.6 Å². The summed E-state index contributed by atoms with van der Waals surface area (Å²) in [6.45, 7) is 3.47. The third-order valence-electron chi connectivity index (χ3n) is 4.43. The molecule has 1 aromatic heterocycles. The van der Waals surface area contributed by atoms with Crippen molar-refractivity contribution < 1.29 is 9.53 Å². The molecular formula is C18H25N5O2. The van der Waals surface area contributed by atoms with E-state index in [2.05, 4.69) is 25.4 Å². The quantitative estimate of drug-likeness (QED) is 0.874. The third kappa shape index (κ3) is 4.29. The number of anilines is 1. The fourth-order valence-corrected chi connectivity index (χ4v) is 3.09. The Hall–Kier alpha value is -2.57. The molecule has 0 saturated carbocycles. The summed E-state index contributed by atoms with van der Waals surface area (Å²) in [7, 11) is 1.59. The Kier molecular flexibility index (Phi) is 5.53. The number of hydrogen-bond acceptors (Lipinski definition) is 4. The second-order valence-corrected chi connectivity index (χ2v) is 6.33. The third-order valence-corrected chi connectivity index (χ3v) is 4.43. The Morgan fingerprint density at radius 3 is 3.00 bits per heavy atom. The Morgan fingerprint density at radius 1 is 1.28 bits per heavy atom. The highest BCUT2D eigenvalue weighted by Gasteiger charge is 2.14. The van der Waals surface area contributed by atoms with Gasteiger partial charge < -0.3 is 19.9 Å². The van der Waals surface area contributed by atoms with Gasteiger partial charge in [0.05, 0.1) is 12.8 Å². The number of urea groups is 1. The number of hydrogen-bond donors (Lipinski definition) is 2. The van der Waals surface area contributed by atoms with Crippen molar-refractivity contribution in [3.8, 4) is 5.75 Å². The fraction of sp³-hybridized carbons (Fsp3) is 0.500. The number of nitrogens with one attached hydrogen (secondary N) is 2. The summed E-state index contributed by atoms with van der Waals surface area (Å²) in [5, 5.41) is 14.3. The number of carbonyl (C=O) groups excluding carboxylic acids is 1. The molecule has 2 amide bonds. The number of carbonyl (C=O) groups is 1. The second-order valence-electron chi connectivity index (χ2n) is 6.33. The molecule has 0 atom stereocenters. The number of benzene rings is 1. The van der Waals surface area contributed by atoms with Crippen molar-refractivity contribution in [1.29, 1.82) is 0 Å². The highest BCUT2D eigenvalue weighted by atomic mass is 16.5. The van der Waals surface area contributed by atoms with Crippen LogP contribution in [0.1, 0.15) is 36.5 Å². The summed E-state index contributed by atoms with van der Waals surface area (Å²) in [4.78, 5) is 12.1. The van der Waals surface area contributed by atoms with E-state index in [1.807, 2.05) is 25.1 Å².